The smallest absolute Gasteiger partial charge is 0.349 e. The van der Waals surface area contributed by atoms with Crippen LogP contribution in [0.2, 0.25) is 0 Å². The Morgan fingerprint density at radius 2 is 2.14 bits per heavy atom. The second-order valence-electron chi connectivity index (χ2n) is 4.75. The largest absolute Gasteiger partial charge is 0.472 e. The van der Waals surface area contributed by atoms with Gasteiger partial charge in [-0.05, 0) is 6.92 Å². The van der Waals surface area contributed by atoms with Crippen LogP contribution in [0.3, 0.4) is 0 Å². The maximum atomic E-state index is 11.8. The van der Waals surface area contributed by atoms with E-state index in [9.17, 15) is 19.0 Å². The first kappa shape index (κ1) is 17.1. The van der Waals surface area contributed by atoms with Gasteiger partial charge in [0, 0.05) is 47.7 Å². The number of aromatic amines is 1. The molecular weight excluding hydrogens is 314 g/mol. The van der Waals surface area contributed by atoms with Crippen molar-refractivity contribution in [3.05, 3.63) is 32.6 Å². The third-order valence-corrected chi connectivity index (χ3v) is 4.32. The first-order chi connectivity index (χ1) is 9.35. The topological polar surface area (TPSA) is 120 Å². The average molecular weight is 327 g/mol. The summed E-state index contributed by atoms with van der Waals surface area (Å²) in [5.74, 6) is 0. The van der Waals surface area contributed by atoms with Crippen LogP contribution in [0.4, 0.5) is 0 Å². The van der Waals surface area contributed by atoms with E-state index >= 15 is 0 Å². The standard InChI is InChI=1S/C10H13N2O7P.Na/c1-5-3-12(10(14)11-9(5)13)8-2-6-7(18-8)4-17-20(15,16)19-6;/h3,6-8H,2,4H2,1H3,(H,15,16)(H,11,13,14);. The van der Waals surface area contributed by atoms with Crippen molar-refractivity contribution in [2.45, 2.75) is 31.8 Å². The first-order valence-corrected chi connectivity index (χ1v) is 7.48. The Balaban J connectivity index is 0.00000161. The maximum Gasteiger partial charge on any atom is 0.472 e. The summed E-state index contributed by atoms with van der Waals surface area (Å²) < 4.78 is 27.7. The molecule has 0 aliphatic carbocycles. The molecule has 1 aromatic rings. The van der Waals surface area contributed by atoms with Crippen LogP contribution in [-0.2, 0) is 18.3 Å². The van der Waals surface area contributed by atoms with Crippen LogP contribution in [0, 0.1) is 6.92 Å². The minimum absolute atomic E-state index is 0. The fourth-order valence-corrected chi connectivity index (χ4v) is 3.26. The summed E-state index contributed by atoms with van der Waals surface area (Å²) in [4.78, 5) is 34.5. The van der Waals surface area contributed by atoms with Gasteiger partial charge in [0.15, 0.2) is 0 Å². The van der Waals surface area contributed by atoms with Crippen molar-refractivity contribution < 1.29 is 23.2 Å². The molecule has 0 aromatic carbocycles. The van der Waals surface area contributed by atoms with Gasteiger partial charge in [0.05, 0.1) is 6.61 Å². The quantitative estimate of drug-likeness (QED) is 0.515. The Morgan fingerprint density at radius 3 is 2.86 bits per heavy atom. The van der Waals surface area contributed by atoms with E-state index in [4.69, 9.17) is 9.26 Å². The van der Waals surface area contributed by atoms with Gasteiger partial charge in [0.2, 0.25) is 0 Å². The van der Waals surface area contributed by atoms with E-state index in [0.29, 0.717) is 5.56 Å². The van der Waals surface area contributed by atoms with E-state index in [1.54, 1.807) is 6.92 Å². The van der Waals surface area contributed by atoms with Crippen molar-refractivity contribution in [2.24, 2.45) is 0 Å². The zero-order chi connectivity index (χ0) is 14.5. The van der Waals surface area contributed by atoms with Gasteiger partial charge in [-0.3, -0.25) is 23.4 Å². The molecular formula is C10H13N2NaO7P. The molecule has 1 aromatic heterocycles. The van der Waals surface area contributed by atoms with E-state index < -0.39 is 37.5 Å². The van der Waals surface area contributed by atoms with Crippen molar-refractivity contribution in [3.8, 4) is 0 Å². The molecule has 2 saturated heterocycles. The number of nitrogens with one attached hydrogen (secondary N) is 1. The van der Waals surface area contributed by atoms with Gasteiger partial charge in [0.25, 0.3) is 5.56 Å². The first-order valence-electron chi connectivity index (χ1n) is 5.99. The third kappa shape index (κ3) is 3.40. The molecule has 0 saturated carbocycles. The molecule has 1 radical (unpaired) electrons. The van der Waals surface area contributed by atoms with E-state index in [0.717, 1.165) is 0 Å². The number of rotatable bonds is 1. The van der Waals surface area contributed by atoms with Crippen LogP contribution in [-0.4, -0.2) is 62.8 Å². The number of nitrogens with zero attached hydrogens (tertiary/aromatic N) is 1. The molecule has 4 atom stereocenters. The second-order valence-corrected chi connectivity index (χ2v) is 6.16. The molecule has 2 fully saturated rings. The Hall–Kier alpha value is -0.250. The van der Waals surface area contributed by atoms with Crippen molar-refractivity contribution in [1.29, 1.82) is 0 Å². The van der Waals surface area contributed by atoms with E-state index in [1.165, 1.54) is 10.8 Å². The molecule has 11 heteroatoms. The van der Waals surface area contributed by atoms with Crippen molar-refractivity contribution >= 4 is 37.4 Å². The Labute approximate surface area is 141 Å². The average Bonchev–Trinajstić information content (AvgIpc) is 2.74. The minimum Gasteiger partial charge on any atom is -0.349 e. The maximum absolute atomic E-state index is 11.8. The Kier molecular flexibility index (Phi) is 4.97. The number of aromatic nitrogens is 2. The van der Waals surface area contributed by atoms with Crippen LogP contribution in [0.15, 0.2) is 15.8 Å². The van der Waals surface area contributed by atoms with Crippen LogP contribution < -0.4 is 11.2 Å². The molecule has 2 aliphatic heterocycles. The van der Waals surface area contributed by atoms with Crippen LogP contribution in [0.25, 0.3) is 0 Å². The molecule has 3 heterocycles. The molecule has 0 spiro atoms. The molecule has 111 valence electrons. The van der Waals surface area contributed by atoms with Crippen LogP contribution in [0.1, 0.15) is 18.2 Å². The van der Waals surface area contributed by atoms with Crippen molar-refractivity contribution in [2.75, 3.05) is 6.61 Å². The number of phosphoric acid groups is 1. The fraction of sp³-hybridized carbons (Fsp3) is 0.600. The van der Waals surface area contributed by atoms with Gasteiger partial charge in [-0.1, -0.05) is 0 Å². The van der Waals surface area contributed by atoms with Crippen LogP contribution >= 0.6 is 7.82 Å². The van der Waals surface area contributed by atoms with Gasteiger partial charge in [-0.25, -0.2) is 9.36 Å². The van der Waals surface area contributed by atoms with Gasteiger partial charge in [-0.2, -0.15) is 0 Å². The summed E-state index contributed by atoms with van der Waals surface area (Å²) in [6.45, 7) is 1.49. The molecule has 2 aliphatic rings. The van der Waals surface area contributed by atoms with E-state index in [-0.39, 0.29) is 42.6 Å². The normalized spacial score (nSPS) is 35.0. The number of phosphoric ester groups is 1. The fourth-order valence-electron chi connectivity index (χ4n) is 2.30. The summed E-state index contributed by atoms with van der Waals surface area (Å²) in [6.07, 6.45) is -0.196. The van der Waals surface area contributed by atoms with Gasteiger partial charge in [-0.15, -0.1) is 0 Å². The molecule has 0 bridgehead atoms. The van der Waals surface area contributed by atoms with Crippen molar-refractivity contribution in [1.82, 2.24) is 9.55 Å². The summed E-state index contributed by atoms with van der Waals surface area (Å²) in [7, 11) is -4.03. The van der Waals surface area contributed by atoms with Crippen molar-refractivity contribution in [3.63, 3.8) is 0 Å². The number of H-pyrrole nitrogens is 1. The zero-order valence-electron chi connectivity index (χ0n) is 11.5. The summed E-state index contributed by atoms with van der Waals surface area (Å²) in [6, 6.07) is 0. The molecule has 9 nitrogen and oxygen atoms in total. The SMILES string of the molecule is Cc1cn(C2CC3OP(=O)(O)OCC3O2)c(=O)[nH]c1=O.[Na]. The Morgan fingerprint density at radius 1 is 1.43 bits per heavy atom. The number of hydrogen-bond donors (Lipinski definition) is 2. The predicted molar refractivity (Wildman–Crippen MR) is 71.0 cm³/mol. The minimum atomic E-state index is -4.03. The van der Waals surface area contributed by atoms with Crippen LogP contribution in [0.5, 0.6) is 0 Å². The molecule has 2 N–H and O–H groups in total. The number of aryl methyl sites for hydroxylation is 1. The second kappa shape index (κ2) is 6.10. The van der Waals surface area contributed by atoms with E-state index in [2.05, 4.69) is 9.51 Å². The molecule has 3 rings (SSSR count). The number of ether oxygens (including phenoxy) is 1. The number of hydrogen-bond acceptors (Lipinski definition) is 6. The summed E-state index contributed by atoms with van der Waals surface area (Å²) in [5, 5.41) is 0. The summed E-state index contributed by atoms with van der Waals surface area (Å²) >= 11 is 0. The van der Waals surface area contributed by atoms with Gasteiger partial charge >= 0.3 is 13.5 Å². The number of fused-ring (bicyclic) bond motifs is 1. The third-order valence-electron chi connectivity index (χ3n) is 3.31. The molecule has 0 amide bonds. The summed E-state index contributed by atoms with van der Waals surface area (Å²) in [5.41, 5.74) is -0.688. The monoisotopic (exact) mass is 327 g/mol. The molecule has 4 unspecified atom stereocenters. The Bertz CT molecular complexity index is 701. The molecule has 21 heavy (non-hydrogen) atoms. The predicted octanol–water partition coefficient (Wildman–Crippen LogP) is -0.732. The van der Waals surface area contributed by atoms with Gasteiger partial charge < -0.3 is 9.63 Å². The van der Waals surface area contributed by atoms with Gasteiger partial charge in [0.1, 0.15) is 18.4 Å². The van der Waals surface area contributed by atoms with E-state index in [1.807, 2.05) is 0 Å². The zero-order valence-corrected chi connectivity index (χ0v) is 14.4.